The fourth-order valence-electron chi connectivity index (χ4n) is 0.815. The fraction of sp³-hybridized carbons (Fsp3) is 0.200. The highest BCUT2D eigenvalue weighted by atomic mass is 16.5. The number of benzene rings is 1. The molecule has 0 amide bonds. The van der Waals surface area contributed by atoms with Crippen LogP contribution in [0.4, 0.5) is 0 Å². The molecule has 0 atom stereocenters. The van der Waals surface area contributed by atoms with Crippen molar-refractivity contribution in [3.05, 3.63) is 37.3 Å². The van der Waals surface area contributed by atoms with Crippen LogP contribution in [0.3, 0.4) is 0 Å². The minimum atomic E-state index is -0.226. The van der Waals surface area contributed by atoms with Gasteiger partial charge in [-0.25, -0.2) is 0 Å². The Morgan fingerprint density at radius 1 is 1.33 bits per heavy atom. The van der Waals surface area contributed by atoms with Gasteiger partial charge in [-0.15, -0.1) is 0 Å². The fourth-order valence-corrected chi connectivity index (χ4v) is 0.815. The molecule has 0 N–H and O–H groups in total. The Labute approximate surface area is 72.2 Å². The molecule has 0 aliphatic rings. The standard InChI is InChI=1S/C10H11O2/c1-2-6-10(11)12-9-7-4-3-5-8-9/h3-5,7-8H,1-2,6H2. The Balaban J connectivity index is 2.47. The number of hydrogen-bond acceptors (Lipinski definition) is 2. The molecular weight excluding hydrogens is 152 g/mol. The molecule has 0 spiro atoms. The van der Waals surface area contributed by atoms with Crippen LogP contribution in [0.5, 0.6) is 5.75 Å². The second-order valence-corrected chi connectivity index (χ2v) is 2.39. The third-order valence-corrected chi connectivity index (χ3v) is 1.36. The lowest BCUT2D eigenvalue weighted by Crippen LogP contribution is -2.06. The van der Waals surface area contributed by atoms with E-state index in [0.29, 0.717) is 18.6 Å². The summed E-state index contributed by atoms with van der Waals surface area (Å²) in [5.74, 6) is 0.368. The molecule has 0 bridgehead atoms. The summed E-state index contributed by atoms with van der Waals surface area (Å²) in [6.07, 6.45) is 0.945. The van der Waals surface area contributed by atoms with E-state index < -0.39 is 0 Å². The lowest BCUT2D eigenvalue weighted by Gasteiger charge is -2.01. The molecule has 0 aliphatic heterocycles. The molecule has 0 aliphatic carbocycles. The molecule has 12 heavy (non-hydrogen) atoms. The van der Waals surface area contributed by atoms with Gasteiger partial charge in [-0.2, -0.15) is 0 Å². The highest BCUT2D eigenvalue weighted by Gasteiger charge is 2.00. The summed E-state index contributed by atoms with van der Waals surface area (Å²) in [5, 5.41) is 0. The normalized spacial score (nSPS) is 9.42. The van der Waals surface area contributed by atoms with Gasteiger partial charge in [0.25, 0.3) is 0 Å². The van der Waals surface area contributed by atoms with E-state index in [1.54, 1.807) is 12.1 Å². The number of para-hydroxylation sites is 1. The topological polar surface area (TPSA) is 26.3 Å². The molecule has 0 saturated carbocycles. The van der Waals surface area contributed by atoms with Crippen LogP contribution in [-0.2, 0) is 4.79 Å². The van der Waals surface area contributed by atoms with Crippen molar-refractivity contribution in [3.63, 3.8) is 0 Å². The highest BCUT2D eigenvalue weighted by Crippen LogP contribution is 2.09. The zero-order chi connectivity index (χ0) is 8.81. The predicted molar refractivity (Wildman–Crippen MR) is 46.7 cm³/mol. The largest absolute Gasteiger partial charge is 0.427 e. The van der Waals surface area contributed by atoms with Crippen LogP contribution >= 0.6 is 0 Å². The Morgan fingerprint density at radius 3 is 2.58 bits per heavy atom. The third-order valence-electron chi connectivity index (χ3n) is 1.36. The van der Waals surface area contributed by atoms with Gasteiger partial charge in [-0.05, 0) is 18.6 Å². The second kappa shape index (κ2) is 4.54. The molecule has 63 valence electrons. The highest BCUT2D eigenvalue weighted by molar-refractivity contribution is 5.72. The Morgan fingerprint density at radius 2 is 2.00 bits per heavy atom. The molecule has 1 aromatic carbocycles. The number of carbonyl (C=O) groups excluding carboxylic acids is 1. The summed E-state index contributed by atoms with van der Waals surface area (Å²) in [7, 11) is 0. The molecule has 0 aromatic heterocycles. The summed E-state index contributed by atoms with van der Waals surface area (Å²) in [6, 6.07) is 9.03. The first-order chi connectivity index (χ1) is 5.83. The molecule has 0 unspecified atom stereocenters. The zero-order valence-corrected chi connectivity index (χ0v) is 6.82. The first-order valence-corrected chi connectivity index (χ1v) is 3.88. The van der Waals surface area contributed by atoms with E-state index in [9.17, 15) is 4.79 Å². The van der Waals surface area contributed by atoms with E-state index in [-0.39, 0.29) is 5.97 Å². The van der Waals surface area contributed by atoms with E-state index in [2.05, 4.69) is 6.92 Å². The van der Waals surface area contributed by atoms with Crippen LogP contribution < -0.4 is 4.74 Å². The van der Waals surface area contributed by atoms with E-state index >= 15 is 0 Å². The number of carbonyl (C=O) groups is 1. The van der Waals surface area contributed by atoms with E-state index in [1.165, 1.54) is 0 Å². The molecular formula is C10H11O2. The van der Waals surface area contributed by atoms with E-state index in [1.807, 2.05) is 18.2 Å². The van der Waals surface area contributed by atoms with Crippen LogP contribution in [0, 0.1) is 6.92 Å². The van der Waals surface area contributed by atoms with Gasteiger partial charge < -0.3 is 4.74 Å². The van der Waals surface area contributed by atoms with Crippen molar-refractivity contribution in [2.45, 2.75) is 12.8 Å². The van der Waals surface area contributed by atoms with Gasteiger partial charge in [0.05, 0.1) is 0 Å². The lowest BCUT2D eigenvalue weighted by atomic mass is 10.3. The van der Waals surface area contributed by atoms with Crippen molar-refractivity contribution in [3.8, 4) is 5.75 Å². The third kappa shape index (κ3) is 2.74. The van der Waals surface area contributed by atoms with Crippen LogP contribution in [-0.4, -0.2) is 5.97 Å². The molecule has 0 heterocycles. The number of hydrogen-bond donors (Lipinski definition) is 0. The van der Waals surface area contributed by atoms with Crippen molar-refractivity contribution in [2.75, 3.05) is 0 Å². The maximum absolute atomic E-state index is 11.0. The minimum absolute atomic E-state index is 0.226. The number of rotatable bonds is 3. The van der Waals surface area contributed by atoms with Crippen molar-refractivity contribution >= 4 is 5.97 Å². The molecule has 0 fully saturated rings. The van der Waals surface area contributed by atoms with Gasteiger partial charge >= 0.3 is 5.97 Å². The average Bonchev–Trinajstić information content (AvgIpc) is 2.06. The average molecular weight is 163 g/mol. The Kier molecular flexibility index (Phi) is 3.33. The van der Waals surface area contributed by atoms with Crippen LogP contribution in [0.15, 0.2) is 30.3 Å². The predicted octanol–water partition coefficient (Wildman–Crippen LogP) is 2.21. The molecule has 2 heteroatoms. The van der Waals surface area contributed by atoms with Gasteiger partial charge in [-0.3, -0.25) is 4.79 Å². The second-order valence-electron chi connectivity index (χ2n) is 2.39. The summed E-state index contributed by atoms with van der Waals surface area (Å²) >= 11 is 0. The Hall–Kier alpha value is -1.31. The van der Waals surface area contributed by atoms with E-state index in [4.69, 9.17) is 4.74 Å². The summed E-state index contributed by atoms with van der Waals surface area (Å²) in [5.41, 5.74) is 0. The molecule has 1 radical (unpaired) electrons. The summed E-state index contributed by atoms with van der Waals surface area (Å²) < 4.78 is 4.98. The molecule has 2 nitrogen and oxygen atoms in total. The summed E-state index contributed by atoms with van der Waals surface area (Å²) in [4.78, 5) is 11.0. The molecule has 0 saturated heterocycles. The lowest BCUT2D eigenvalue weighted by molar-refractivity contribution is -0.134. The van der Waals surface area contributed by atoms with Crippen LogP contribution in [0.2, 0.25) is 0 Å². The van der Waals surface area contributed by atoms with Gasteiger partial charge in [0, 0.05) is 6.42 Å². The quantitative estimate of drug-likeness (QED) is 0.504. The number of esters is 1. The van der Waals surface area contributed by atoms with Gasteiger partial charge in [0.15, 0.2) is 0 Å². The van der Waals surface area contributed by atoms with Gasteiger partial charge in [-0.1, -0.05) is 25.1 Å². The van der Waals surface area contributed by atoms with Gasteiger partial charge in [0.2, 0.25) is 0 Å². The Bertz CT molecular complexity index is 241. The van der Waals surface area contributed by atoms with Crippen LogP contribution in [0.1, 0.15) is 12.8 Å². The molecule has 1 rings (SSSR count). The van der Waals surface area contributed by atoms with Gasteiger partial charge in [0.1, 0.15) is 5.75 Å². The van der Waals surface area contributed by atoms with E-state index in [0.717, 1.165) is 0 Å². The zero-order valence-electron chi connectivity index (χ0n) is 6.82. The SMILES string of the molecule is [CH2]CCC(=O)Oc1ccccc1. The number of ether oxygens (including phenoxy) is 1. The first-order valence-electron chi connectivity index (χ1n) is 3.88. The first kappa shape index (κ1) is 8.78. The minimum Gasteiger partial charge on any atom is -0.427 e. The van der Waals surface area contributed by atoms with Crippen molar-refractivity contribution in [2.24, 2.45) is 0 Å². The smallest absolute Gasteiger partial charge is 0.311 e. The molecule has 1 aromatic rings. The van der Waals surface area contributed by atoms with Crippen molar-refractivity contribution in [1.29, 1.82) is 0 Å². The maximum Gasteiger partial charge on any atom is 0.311 e. The van der Waals surface area contributed by atoms with Crippen LogP contribution in [0.25, 0.3) is 0 Å². The van der Waals surface area contributed by atoms with Crippen molar-refractivity contribution < 1.29 is 9.53 Å². The monoisotopic (exact) mass is 163 g/mol. The summed E-state index contributed by atoms with van der Waals surface area (Å²) in [6.45, 7) is 3.57. The maximum atomic E-state index is 11.0. The van der Waals surface area contributed by atoms with Crippen molar-refractivity contribution in [1.82, 2.24) is 0 Å².